The molecule has 0 saturated carbocycles. The fraction of sp³-hybridized carbons (Fsp3) is 0.500. The van der Waals surface area contributed by atoms with Gasteiger partial charge in [-0.1, -0.05) is 6.07 Å². The van der Waals surface area contributed by atoms with Crippen LogP contribution in [0, 0.1) is 13.8 Å². The average molecular weight is 421 g/mol. The van der Waals surface area contributed by atoms with Crippen molar-refractivity contribution in [1.82, 2.24) is 29.8 Å². The quantitative estimate of drug-likeness (QED) is 0.633. The monoisotopic (exact) mass is 420 g/mol. The molecule has 0 spiro atoms. The molecule has 4 heterocycles. The van der Waals surface area contributed by atoms with Crippen LogP contribution in [0.3, 0.4) is 0 Å². The number of hydrogen-bond donors (Lipinski definition) is 1. The zero-order valence-corrected chi connectivity index (χ0v) is 18.9. The van der Waals surface area contributed by atoms with E-state index in [4.69, 9.17) is 10.1 Å². The number of aromatic nitrogens is 4. The third-order valence-corrected chi connectivity index (χ3v) is 6.05. The van der Waals surface area contributed by atoms with E-state index in [-0.39, 0.29) is 11.9 Å². The molecule has 1 aliphatic heterocycles. The lowest BCUT2D eigenvalue weighted by Gasteiger charge is -2.22. The van der Waals surface area contributed by atoms with E-state index < -0.39 is 0 Å². The molecule has 0 aromatic carbocycles. The smallest absolute Gasteiger partial charge is 0.220 e. The van der Waals surface area contributed by atoms with Gasteiger partial charge in [0.1, 0.15) is 0 Å². The number of fused-ring (bicyclic) bond motifs is 1. The number of likely N-dealkylation sites (tertiary alicyclic amines) is 1. The molecule has 1 N–H and O–H groups in total. The van der Waals surface area contributed by atoms with Crippen LogP contribution in [0.4, 0.5) is 0 Å². The number of carbonyl (C=O) groups is 1. The average Bonchev–Trinajstić information content (AvgIpc) is 3.34. The molecule has 164 valence electrons. The van der Waals surface area contributed by atoms with Crippen molar-refractivity contribution in [2.75, 3.05) is 6.54 Å². The van der Waals surface area contributed by atoms with Gasteiger partial charge in [0, 0.05) is 48.9 Å². The molecule has 7 nitrogen and oxygen atoms in total. The Hall–Kier alpha value is -2.80. The van der Waals surface area contributed by atoms with Crippen molar-refractivity contribution in [3.8, 4) is 0 Å². The summed E-state index contributed by atoms with van der Waals surface area (Å²) < 4.78 is 1.96. The van der Waals surface area contributed by atoms with E-state index in [0.29, 0.717) is 18.9 Å². The minimum Gasteiger partial charge on any atom is -0.354 e. The number of nitrogens with zero attached hydrogens (tertiary/aromatic N) is 5. The maximum absolute atomic E-state index is 12.1. The maximum atomic E-state index is 12.1. The first-order chi connectivity index (χ1) is 14.9. The van der Waals surface area contributed by atoms with Crippen LogP contribution >= 0.6 is 0 Å². The summed E-state index contributed by atoms with van der Waals surface area (Å²) in [5.74, 6) is 0.0760. The van der Waals surface area contributed by atoms with Gasteiger partial charge in [0.05, 0.1) is 11.7 Å². The molecule has 0 unspecified atom stereocenters. The van der Waals surface area contributed by atoms with Crippen LogP contribution < -0.4 is 5.32 Å². The van der Waals surface area contributed by atoms with Gasteiger partial charge >= 0.3 is 0 Å². The first kappa shape index (κ1) is 21.4. The molecule has 0 aliphatic carbocycles. The van der Waals surface area contributed by atoms with Gasteiger partial charge in [-0.25, -0.2) is 9.50 Å². The van der Waals surface area contributed by atoms with E-state index in [9.17, 15) is 4.79 Å². The van der Waals surface area contributed by atoms with E-state index in [1.807, 2.05) is 43.7 Å². The third kappa shape index (κ3) is 4.77. The maximum Gasteiger partial charge on any atom is 0.220 e. The molecule has 1 atom stereocenters. The summed E-state index contributed by atoms with van der Waals surface area (Å²) in [5.41, 5.74) is 6.35. The largest absolute Gasteiger partial charge is 0.354 e. The molecule has 0 radical (unpaired) electrons. The van der Waals surface area contributed by atoms with Gasteiger partial charge < -0.3 is 5.32 Å². The highest BCUT2D eigenvalue weighted by Gasteiger charge is 2.29. The highest BCUT2D eigenvalue weighted by Crippen LogP contribution is 2.33. The molecule has 3 aromatic rings. The molecule has 4 rings (SSSR count). The molecule has 0 bridgehead atoms. The summed E-state index contributed by atoms with van der Waals surface area (Å²) in [4.78, 5) is 23.7. The Bertz CT molecular complexity index is 1060. The van der Waals surface area contributed by atoms with Crippen molar-refractivity contribution in [1.29, 1.82) is 0 Å². The van der Waals surface area contributed by atoms with E-state index >= 15 is 0 Å². The summed E-state index contributed by atoms with van der Waals surface area (Å²) >= 11 is 0. The number of pyridine rings is 1. The summed E-state index contributed by atoms with van der Waals surface area (Å²) in [7, 11) is 0. The second kappa shape index (κ2) is 9.14. The van der Waals surface area contributed by atoms with E-state index in [1.165, 1.54) is 12.0 Å². The zero-order valence-electron chi connectivity index (χ0n) is 18.9. The molecular formula is C24H32N6O. The second-order valence-corrected chi connectivity index (χ2v) is 8.81. The van der Waals surface area contributed by atoms with Gasteiger partial charge in [-0.2, -0.15) is 5.10 Å². The van der Waals surface area contributed by atoms with Crippen LogP contribution in [0.15, 0.2) is 30.6 Å². The van der Waals surface area contributed by atoms with Crippen LogP contribution in [0.2, 0.25) is 0 Å². The zero-order chi connectivity index (χ0) is 22.0. The number of rotatable bonds is 7. The molecule has 1 fully saturated rings. The highest BCUT2D eigenvalue weighted by atomic mass is 16.1. The standard InChI is InChI=1S/C24H32N6O/c1-16(2)26-24(31)10-9-20-17(3)27-23-13-21(28-30(23)18(20)4)22-8-6-12-29(22)15-19-7-5-11-25-14-19/h5,7,11,13-14,16,22H,6,8-10,12,15H2,1-4H3,(H,26,31)/t22-/m0/s1. The Kier molecular flexibility index (Phi) is 6.32. The highest BCUT2D eigenvalue weighted by molar-refractivity contribution is 5.76. The van der Waals surface area contributed by atoms with Crippen LogP contribution in [0.25, 0.3) is 5.65 Å². The summed E-state index contributed by atoms with van der Waals surface area (Å²) in [6.45, 7) is 10.0. The summed E-state index contributed by atoms with van der Waals surface area (Å²) in [5, 5.41) is 7.92. The molecule has 31 heavy (non-hydrogen) atoms. The number of aryl methyl sites for hydroxylation is 2. The molecule has 3 aromatic heterocycles. The minimum absolute atomic E-state index is 0.0760. The molecule has 7 heteroatoms. The van der Waals surface area contributed by atoms with E-state index in [2.05, 4.69) is 34.3 Å². The Labute approximate surface area is 183 Å². The Morgan fingerprint density at radius 3 is 2.90 bits per heavy atom. The molecule has 1 aliphatic rings. The van der Waals surface area contributed by atoms with Crippen molar-refractivity contribution in [3.05, 3.63) is 58.8 Å². The van der Waals surface area contributed by atoms with Gasteiger partial charge in [-0.3, -0.25) is 14.7 Å². The number of nitrogens with one attached hydrogen (secondary N) is 1. The van der Waals surface area contributed by atoms with Gasteiger partial charge in [0.2, 0.25) is 5.91 Å². The van der Waals surface area contributed by atoms with Crippen molar-refractivity contribution >= 4 is 11.6 Å². The third-order valence-electron chi connectivity index (χ3n) is 6.05. The first-order valence-corrected chi connectivity index (χ1v) is 11.2. The van der Waals surface area contributed by atoms with E-state index in [0.717, 1.165) is 47.8 Å². The topological polar surface area (TPSA) is 75.4 Å². The minimum atomic E-state index is 0.0760. The fourth-order valence-corrected chi connectivity index (χ4v) is 4.58. The van der Waals surface area contributed by atoms with Crippen LogP contribution in [-0.2, 0) is 17.8 Å². The van der Waals surface area contributed by atoms with Gasteiger partial charge in [-0.05, 0) is 70.7 Å². The Balaban J connectivity index is 1.56. The van der Waals surface area contributed by atoms with Crippen molar-refractivity contribution in [3.63, 3.8) is 0 Å². The summed E-state index contributed by atoms with van der Waals surface area (Å²) in [6.07, 6.45) is 7.15. The van der Waals surface area contributed by atoms with Crippen molar-refractivity contribution < 1.29 is 4.79 Å². The predicted octanol–water partition coefficient (Wildman–Crippen LogP) is 3.54. The Morgan fingerprint density at radius 2 is 2.16 bits per heavy atom. The van der Waals surface area contributed by atoms with Gasteiger partial charge in [0.15, 0.2) is 5.65 Å². The van der Waals surface area contributed by atoms with Crippen molar-refractivity contribution in [2.45, 2.75) is 72.0 Å². The number of amides is 1. The predicted molar refractivity (Wildman–Crippen MR) is 121 cm³/mol. The van der Waals surface area contributed by atoms with E-state index in [1.54, 1.807) is 0 Å². The van der Waals surface area contributed by atoms with Crippen LogP contribution in [0.1, 0.15) is 67.4 Å². The normalized spacial score (nSPS) is 17.0. The fourth-order valence-electron chi connectivity index (χ4n) is 4.58. The lowest BCUT2D eigenvalue weighted by Crippen LogP contribution is -2.30. The lowest BCUT2D eigenvalue weighted by molar-refractivity contribution is -0.121. The Morgan fingerprint density at radius 1 is 1.32 bits per heavy atom. The number of hydrogen-bond acceptors (Lipinski definition) is 5. The first-order valence-electron chi connectivity index (χ1n) is 11.2. The summed E-state index contributed by atoms with van der Waals surface area (Å²) in [6, 6.07) is 6.70. The SMILES string of the molecule is Cc1nc2cc([C@@H]3CCCN3Cc3cccnc3)nn2c(C)c1CCC(=O)NC(C)C. The van der Waals surface area contributed by atoms with Crippen LogP contribution in [0.5, 0.6) is 0 Å². The lowest BCUT2D eigenvalue weighted by atomic mass is 10.1. The second-order valence-electron chi connectivity index (χ2n) is 8.81. The van der Waals surface area contributed by atoms with Crippen molar-refractivity contribution in [2.24, 2.45) is 0 Å². The van der Waals surface area contributed by atoms with Crippen LogP contribution in [-0.4, -0.2) is 43.0 Å². The number of carbonyl (C=O) groups excluding carboxylic acids is 1. The molecule has 1 amide bonds. The van der Waals surface area contributed by atoms with Gasteiger partial charge in [-0.15, -0.1) is 0 Å². The van der Waals surface area contributed by atoms with Gasteiger partial charge in [0.25, 0.3) is 0 Å². The molecule has 1 saturated heterocycles. The molecular weight excluding hydrogens is 388 g/mol.